The van der Waals surface area contributed by atoms with Crippen molar-refractivity contribution in [2.45, 2.75) is 25.9 Å². The zero-order valence-corrected chi connectivity index (χ0v) is 14.7. The van der Waals surface area contributed by atoms with Crippen LogP contribution >= 0.6 is 0 Å². The molecule has 0 bridgehead atoms. The van der Waals surface area contributed by atoms with E-state index in [2.05, 4.69) is 15.6 Å². The summed E-state index contributed by atoms with van der Waals surface area (Å²) < 4.78 is 18.7. The Bertz CT molecular complexity index is 784. The van der Waals surface area contributed by atoms with Crippen LogP contribution in [0.1, 0.15) is 28.8 Å². The van der Waals surface area contributed by atoms with Crippen LogP contribution in [-0.2, 0) is 4.74 Å². The van der Waals surface area contributed by atoms with Gasteiger partial charge in [0.1, 0.15) is 5.82 Å². The summed E-state index contributed by atoms with van der Waals surface area (Å²) in [6, 6.07) is 13.2. The topological polar surface area (TPSA) is 62.7 Å². The summed E-state index contributed by atoms with van der Waals surface area (Å²) in [5.74, 6) is -0.259. The molecule has 1 atom stereocenters. The summed E-state index contributed by atoms with van der Waals surface area (Å²) in [5, 5.41) is 5.84. The van der Waals surface area contributed by atoms with Crippen LogP contribution in [0.15, 0.2) is 53.5 Å². The van der Waals surface area contributed by atoms with E-state index in [0.29, 0.717) is 23.8 Å². The molecule has 1 amide bonds. The highest BCUT2D eigenvalue weighted by molar-refractivity contribution is 6.10. The van der Waals surface area contributed by atoms with Crippen molar-refractivity contribution in [2.24, 2.45) is 4.99 Å². The number of amides is 1. The molecule has 2 aromatic rings. The molecule has 0 saturated carbocycles. The number of halogens is 1. The number of carbonyl (C=O) groups is 1. The minimum Gasteiger partial charge on any atom is -0.376 e. The second-order valence-corrected chi connectivity index (χ2v) is 6.28. The molecule has 1 aliphatic rings. The summed E-state index contributed by atoms with van der Waals surface area (Å²) in [4.78, 5) is 17.0. The Balaban J connectivity index is 1.73. The molecule has 2 aromatic carbocycles. The second kappa shape index (κ2) is 8.58. The van der Waals surface area contributed by atoms with Crippen molar-refractivity contribution in [3.63, 3.8) is 0 Å². The van der Waals surface area contributed by atoms with Gasteiger partial charge in [-0.15, -0.1) is 0 Å². The van der Waals surface area contributed by atoms with Crippen LogP contribution in [0.5, 0.6) is 0 Å². The lowest BCUT2D eigenvalue weighted by atomic mass is 10.1. The van der Waals surface area contributed by atoms with E-state index in [1.165, 1.54) is 12.1 Å². The molecule has 1 fully saturated rings. The summed E-state index contributed by atoms with van der Waals surface area (Å²) in [6.07, 6.45) is 2.05. The van der Waals surface area contributed by atoms with Crippen LogP contribution in [0.3, 0.4) is 0 Å². The van der Waals surface area contributed by atoms with E-state index in [4.69, 9.17) is 4.74 Å². The molecule has 3 rings (SSSR count). The second-order valence-electron chi connectivity index (χ2n) is 6.28. The fourth-order valence-corrected chi connectivity index (χ4v) is 2.73. The first-order chi connectivity index (χ1) is 12.6. The van der Waals surface area contributed by atoms with Crippen LogP contribution in [0.4, 0.5) is 10.1 Å². The van der Waals surface area contributed by atoms with Gasteiger partial charge in [-0.05, 0) is 56.2 Å². The number of aliphatic imine (C=N–C) groups is 1. The number of nitrogens with zero attached hydrogens (tertiary/aromatic N) is 1. The fourth-order valence-electron chi connectivity index (χ4n) is 2.73. The van der Waals surface area contributed by atoms with E-state index in [1.807, 2.05) is 25.1 Å². The van der Waals surface area contributed by atoms with Crippen molar-refractivity contribution in [3.8, 4) is 0 Å². The van der Waals surface area contributed by atoms with E-state index in [0.717, 1.165) is 25.0 Å². The molecule has 1 aliphatic heterocycles. The van der Waals surface area contributed by atoms with Crippen LogP contribution in [-0.4, -0.2) is 31.1 Å². The third kappa shape index (κ3) is 5.13. The number of anilines is 1. The third-order valence-electron chi connectivity index (χ3n) is 4.10. The molecule has 1 heterocycles. The summed E-state index contributed by atoms with van der Waals surface area (Å²) in [5.41, 5.74) is 2.19. The number of nitrogens with one attached hydrogen (secondary N) is 2. The molecule has 0 spiro atoms. The number of aryl methyl sites for hydroxylation is 1. The maximum absolute atomic E-state index is 13.1. The molecule has 0 aliphatic carbocycles. The smallest absolute Gasteiger partial charge is 0.257 e. The highest BCUT2D eigenvalue weighted by Crippen LogP contribution is 2.13. The van der Waals surface area contributed by atoms with Gasteiger partial charge in [-0.2, -0.15) is 0 Å². The van der Waals surface area contributed by atoms with E-state index in [-0.39, 0.29) is 17.8 Å². The van der Waals surface area contributed by atoms with Crippen molar-refractivity contribution in [2.75, 3.05) is 18.5 Å². The van der Waals surface area contributed by atoms with Gasteiger partial charge in [0, 0.05) is 17.9 Å². The van der Waals surface area contributed by atoms with E-state index in [9.17, 15) is 9.18 Å². The maximum Gasteiger partial charge on any atom is 0.257 e. The van der Waals surface area contributed by atoms with E-state index >= 15 is 0 Å². The SMILES string of the molecule is Cc1cccc(C(=O)NC(=NC[C@@H]2CCCO2)Nc2ccc(F)cc2)c1. The van der Waals surface area contributed by atoms with Crippen molar-refractivity contribution < 1.29 is 13.9 Å². The Hall–Kier alpha value is -2.73. The molecule has 5 nitrogen and oxygen atoms in total. The quantitative estimate of drug-likeness (QED) is 0.652. The van der Waals surface area contributed by atoms with Gasteiger partial charge < -0.3 is 10.1 Å². The molecule has 26 heavy (non-hydrogen) atoms. The van der Waals surface area contributed by atoms with Crippen LogP contribution in [0.2, 0.25) is 0 Å². The summed E-state index contributed by atoms with van der Waals surface area (Å²) >= 11 is 0. The van der Waals surface area contributed by atoms with Crippen LogP contribution in [0.25, 0.3) is 0 Å². The normalized spacial score (nSPS) is 17.2. The standard InChI is InChI=1S/C20H22FN3O2/c1-14-4-2-5-15(12-14)19(25)24-20(22-13-18-6-3-11-26-18)23-17-9-7-16(21)8-10-17/h2,4-5,7-10,12,18H,3,6,11,13H2,1H3,(H2,22,23,24,25)/t18-/m0/s1. The Morgan fingerprint density at radius 3 is 2.77 bits per heavy atom. The molecule has 1 saturated heterocycles. The number of benzene rings is 2. The lowest BCUT2D eigenvalue weighted by Gasteiger charge is -2.13. The third-order valence-corrected chi connectivity index (χ3v) is 4.10. The first-order valence-electron chi connectivity index (χ1n) is 8.67. The van der Waals surface area contributed by atoms with Gasteiger partial charge in [0.05, 0.1) is 12.6 Å². The van der Waals surface area contributed by atoms with Gasteiger partial charge in [0.2, 0.25) is 5.96 Å². The zero-order chi connectivity index (χ0) is 18.4. The van der Waals surface area contributed by atoms with Gasteiger partial charge in [0.15, 0.2) is 0 Å². The number of hydrogen-bond acceptors (Lipinski definition) is 3. The van der Waals surface area contributed by atoms with Crippen molar-refractivity contribution in [3.05, 3.63) is 65.5 Å². The molecule has 0 radical (unpaired) electrons. The Morgan fingerprint density at radius 2 is 2.08 bits per heavy atom. The molecule has 0 aromatic heterocycles. The van der Waals surface area contributed by atoms with E-state index < -0.39 is 0 Å². The number of rotatable bonds is 4. The van der Waals surface area contributed by atoms with Gasteiger partial charge in [-0.1, -0.05) is 17.7 Å². The van der Waals surface area contributed by atoms with Gasteiger partial charge >= 0.3 is 0 Å². The number of guanidine groups is 1. The van der Waals surface area contributed by atoms with Gasteiger partial charge in [0.25, 0.3) is 5.91 Å². The van der Waals surface area contributed by atoms with Crippen LogP contribution < -0.4 is 10.6 Å². The lowest BCUT2D eigenvalue weighted by Crippen LogP contribution is -2.36. The maximum atomic E-state index is 13.1. The monoisotopic (exact) mass is 355 g/mol. The average molecular weight is 355 g/mol. The Morgan fingerprint density at radius 1 is 1.27 bits per heavy atom. The van der Waals surface area contributed by atoms with Crippen LogP contribution in [0, 0.1) is 12.7 Å². The first-order valence-corrected chi connectivity index (χ1v) is 8.67. The molecule has 6 heteroatoms. The first kappa shape index (κ1) is 18.1. The largest absolute Gasteiger partial charge is 0.376 e. The molecule has 2 N–H and O–H groups in total. The van der Waals surface area contributed by atoms with Crippen molar-refractivity contribution in [1.82, 2.24) is 5.32 Å². The number of ether oxygens (including phenoxy) is 1. The Labute approximate surface area is 152 Å². The highest BCUT2D eigenvalue weighted by Gasteiger charge is 2.16. The minimum atomic E-state index is -0.322. The van der Waals surface area contributed by atoms with Gasteiger partial charge in [-0.3, -0.25) is 10.1 Å². The zero-order valence-electron chi connectivity index (χ0n) is 14.7. The molecule has 136 valence electrons. The van der Waals surface area contributed by atoms with Crippen molar-refractivity contribution in [1.29, 1.82) is 0 Å². The summed E-state index contributed by atoms with van der Waals surface area (Å²) in [6.45, 7) is 3.13. The summed E-state index contributed by atoms with van der Waals surface area (Å²) in [7, 11) is 0. The van der Waals surface area contributed by atoms with Crippen molar-refractivity contribution >= 4 is 17.6 Å². The average Bonchev–Trinajstić information content (AvgIpc) is 3.15. The molecular formula is C20H22FN3O2. The number of hydrogen-bond donors (Lipinski definition) is 2. The lowest BCUT2D eigenvalue weighted by molar-refractivity contribution is 0.0975. The van der Waals surface area contributed by atoms with Gasteiger partial charge in [-0.25, -0.2) is 9.38 Å². The minimum absolute atomic E-state index is 0.0656. The number of carbonyl (C=O) groups excluding carboxylic acids is 1. The molecular weight excluding hydrogens is 333 g/mol. The highest BCUT2D eigenvalue weighted by atomic mass is 19.1. The Kier molecular flexibility index (Phi) is 5.96. The van der Waals surface area contributed by atoms with E-state index in [1.54, 1.807) is 18.2 Å². The fraction of sp³-hybridized carbons (Fsp3) is 0.300. The molecule has 0 unspecified atom stereocenters. The predicted octanol–water partition coefficient (Wildman–Crippen LogP) is 3.51. The predicted molar refractivity (Wildman–Crippen MR) is 99.9 cm³/mol.